The zero-order valence-corrected chi connectivity index (χ0v) is 9.03. The Balaban J connectivity index is 2.37. The van der Waals surface area contributed by atoms with E-state index in [0.29, 0.717) is 12.1 Å². The number of β-amino-alcohol motifs (C(OH)–C–C–N with tert-alkyl or cyclic N) is 1. The second-order valence-corrected chi connectivity index (χ2v) is 4.20. The Bertz CT molecular complexity index is 150. The van der Waals surface area contributed by atoms with E-state index in [1.165, 1.54) is 0 Å². The van der Waals surface area contributed by atoms with Gasteiger partial charge in [0.1, 0.15) is 0 Å². The molecule has 0 aromatic carbocycles. The number of aliphatic hydroxyl groups is 1. The molecule has 0 aromatic heterocycles. The fraction of sp³-hybridized carbons (Fsp3) is 1.00. The summed E-state index contributed by atoms with van der Waals surface area (Å²) in [5, 5.41) is 8.86. The number of hydrogen-bond acceptors (Lipinski definition) is 3. The van der Waals surface area contributed by atoms with E-state index in [1.807, 2.05) is 0 Å². The normalized spacial score (nSPS) is 27.0. The molecule has 13 heavy (non-hydrogen) atoms. The summed E-state index contributed by atoms with van der Waals surface area (Å²) in [5.74, 6) is 0. The third-order valence-electron chi connectivity index (χ3n) is 2.91. The predicted molar refractivity (Wildman–Crippen MR) is 54.8 cm³/mol. The lowest BCUT2D eigenvalue weighted by atomic mass is 10.1. The van der Waals surface area contributed by atoms with E-state index in [9.17, 15) is 0 Å². The van der Waals surface area contributed by atoms with Gasteiger partial charge in [-0.15, -0.1) is 0 Å². The summed E-state index contributed by atoms with van der Waals surface area (Å²) in [5.41, 5.74) is 0. The molecule has 1 aliphatic heterocycles. The summed E-state index contributed by atoms with van der Waals surface area (Å²) in [6.45, 7) is 11.2. The van der Waals surface area contributed by atoms with Gasteiger partial charge in [-0.3, -0.25) is 9.80 Å². The standard InChI is InChI=1S/C10H22N2O/c1-9(2)12-5-4-11(6-7-13)10(3)8-12/h9-10,13H,4-8H2,1-3H3. The van der Waals surface area contributed by atoms with Gasteiger partial charge < -0.3 is 5.11 Å². The molecule has 0 aliphatic carbocycles. The molecular formula is C10H22N2O. The van der Waals surface area contributed by atoms with E-state index < -0.39 is 0 Å². The number of hydrogen-bond donors (Lipinski definition) is 1. The van der Waals surface area contributed by atoms with Crippen molar-refractivity contribution < 1.29 is 5.11 Å². The van der Waals surface area contributed by atoms with Crippen LogP contribution in [0, 0.1) is 0 Å². The average molecular weight is 186 g/mol. The van der Waals surface area contributed by atoms with Crippen molar-refractivity contribution >= 4 is 0 Å². The van der Waals surface area contributed by atoms with Gasteiger partial charge in [-0.05, 0) is 20.8 Å². The smallest absolute Gasteiger partial charge is 0.0558 e. The number of piperazine rings is 1. The second kappa shape index (κ2) is 4.94. The second-order valence-electron chi connectivity index (χ2n) is 4.20. The fourth-order valence-corrected chi connectivity index (χ4v) is 1.95. The molecular weight excluding hydrogens is 164 g/mol. The molecule has 3 heteroatoms. The zero-order chi connectivity index (χ0) is 9.84. The Morgan fingerprint density at radius 3 is 2.54 bits per heavy atom. The quantitative estimate of drug-likeness (QED) is 0.691. The Morgan fingerprint density at radius 1 is 1.38 bits per heavy atom. The summed E-state index contributed by atoms with van der Waals surface area (Å²) >= 11 is 0. The highest BCUT2D eigenvalue weighted by Gasteiger charge is 2.23. The molecule has 1 N–H and O–H groups in total. The van der Waals surface area contributed by atoms with Gasteiger partial charge in [-0.1, -0.05) is 0 Å². The highest BCUT2D eigenvalue weighted by molar-refractivity contribution is 4.80. The van der Waals surface area contributed by atoms with E-state index in [4.69, 9.17) is 5.11 Å². The van der Waals surface area contributed by atoms with Crippen molar-refractivity contribution in [3.63, 3.8) is 0 Å². The van der Waals surface area contributed by atoms with Gasteiger partial charge in [0.2, 0.25) is 0 Å². The predicted octanol–water partition coefficient (Wildman–Crippen LogP) is 0.393. The number of nitrogens with zero attached hydrogens (tertiary/aromatic N) is 2. The van der Waals surface area contributed by atoms with Crippen molar-refractivity contribution in [1.29, 1.82) is 0 Å². The van der Waals surface area contributed by atoms with E-state index in [1.54, 1.807) is 0 Å². The van der Waals surface area contributed by atoms with Crippen molar-refractivity contribution in [2.75, 3.05) is 32.8 Å². The highest BCUT2D eigenvalue weighted by Crippen LogP contribution is 2.11. The van der Waals surface area contributed by atoms with Crippen LogP contribution in [0.3, 0.4) is 0 Å². The van der Waals surface area contributed by atoms with Crippen LogP contribution in [-0.4, -0.2) is 59.8 Å². The van der Waals surface area contributed by atoms with Crippen LogP contribution in [0.2, 0.25) is 0 Å². The average Bonchev–Trinajstić information content (AvgIpc) is 2.08. The molecule has 1 rings (SSSR count). The maximum absolute atomic E-state index is 8.86. The molecule has 0 saturated carbocycles. The van der Waals surface area contributed by atoms with Crippen LogP contribution in [-0.2, 0) is 0 Å². The molecule has 0 aromatic rings. The molecule has 1 heterocycles. The first-order valence-electron chi connectivity index (χ1n) is 5.24. The minimum absolute atomic E-state index is 0.284. The van der Waals surface area contributed by atoms with Crippen molar-refractivity contribution in [1.82, 2.24) is 9.80 Å². The van der Waals surface area contributed by atoms with Gasteiger partial charge in [-0.25, -0.2) is 0 Å². The Labute approximate surface area is 81.3 Å². The van der Waals surface area contributed by atoms with Gasteiger partial charge in [0.05, 0.1) is 6.61 Å². The van der Waals surface area contributed by atoms with Crippen LogP contribution in [0.5, 0.6) is 0 Å². The van der Waals surface area contributed by atoms with Crippen molar-refractivity contribution in [3.8, 4) is 0 Å². The molecule has 0 amide bonds. The molecule has 0 bridgehead atoms. The van der Waals surface area contributed by atoms with Crippen LogP contribution < -0.4 is 0 Å². The van der Waals surface area contributed by atoms with Crippen LogP contribution in [0.25, 0.3) is 0 Å². The van der Waals surface area contributed by atoms with E-state index >= 15 is 0 Å². The van der Waals surface area contributed by atoms with Crippen LogP contribution >= 0.6 is 0 Å². The topological polar surface area (TPSA) is 26.7 Å². The SMILES string of the molecule is CC(C)N1CCN(CCO)C(C)C1. The van der Waals surface area contributed by atoms with Gasteiger partial charge in [0.25, 0.3) is 0 Å². The van der Waals surface area contributed by atoms with Crippen molar-refractivity contribution in [2.24, 2.45) is 0 Å². The lowest BCUT2D eigenvalue weighted by Crippen LogP contribution is -2.54. The Hall–Kier alpha value is -0.120. The molecule has 3 nitrogen and oxygen atoms in total. The lowest BCUT2D eigenvalue weighted by Gasteiger charge is -2.41. The zero-order valence-electron chi connectivity index (χ0n) is 9.03. The largest absolute Gasteiger partial charge is 0.395 e. The van der Waals surface area contributed by atoms with Crippen molar-refractivity contribution in [3.05, 3.63) is 0 Å². The molecule has 1 saturated heterocycles. The van der Waals surface area contributed by atoms with Crippen LogP contribution in [0.1, 0.15) is 20.8 Å². The third-order valence-corrected chi connectivity index (χ3v) is 2.91. The van der Waals surface area contributed by atoms with Gasteiger partial charge in [0, 0.05) is 38.3 Å². The number of rotatable bonds is 3. The first-order valence-corrected chi connectivity index (χ1v) is 5.24. The molecule has 1 unspecified atom stereocenters. The third kappa shape index (κ3) is 2.93. The van der Waals surface area contributed by atoms with E-state index in [0.717, 1.165) is 26.2 Å². The van der Waals surface area contributed by atoms with Gasteiger partial charge in [0.15, 0.2) is 0 Å². The van der Waals surface area contributed by atoms with Gasteiger partial charge >= 0.3 is 0 Å². The molecule has 0 radical (unpaired) electrons. The lowest BCUT2D eigenvalue weighted by molar-refractivity contribution is 0.0530. The molecule has 0 spiro atoms. The number of aliphatic hydroxyl groups excluding tert-OH is 1. The summed E-state index contributed by atoms with van der Waals surface area (Å²) < 4.78 is 0. The summed E-state index contributed by atoms with van der Waals surface area (Å²) in [6, 6.07) is 1.24. The minimum atomic E-state index is 0.284. The summed E-state index contributed by atoms with van der Waals surface area (Å²) in [4.78, 5) is 4.86. The molecule has 1 atom stereocenters. The maximum atomic E-state index is 8.86. The fourth-order valence-electron chi connectivity index (χ4n) is 1.95. The Morgan fingerprint density at radius 2 is 2.08 bits per heavy atom. The first kappa shape index (κ1) is 11.0. The first-order chi connectivity index (χ1) is 6.15. The summed E-state index contributed by atoms with van der Waals surface area (Å²) in [6.07, 6.45) is 0. The molecule has 78 valence electrons. The van der Waals surface area contributed by atoms with Crippen LogP contribution in [0.4, 0.5) is 0 Å². The Kier molecular flexibility index (Phi) is 4.16. The maximum Gasteiger partial charge on any atom is 0.0558 e. The summed E-state index contributed by atoms with van der Waals surface area (Å²) in [7, 11) is 0. The monoisotopic (exact) mass is 186 g/mol. The highest BCUT2D eigenvalue weighted by atomic mass is 16.3. The molecule has 1 fully saturated rings. The van der Waals surface area contributed by atoms with Gasteiger partial charge in [-0.2, -0.15) is 0 Å². The minimum Gasteiger partial charge on any atom is -0.395 e. The van der Waals surface area contributed by atoms with Crippen molar-refractivity contribution in [2.45, 2.75) is 32.9 Å². The van der Waals surface area contributed by atoms with E-state index in [2.05, 4.69) is 30.6 Å². The van der Waals surface area contributed by atoms with Crippen LogP contribution in [0.15, 0.2) is 0 Å². The molecule has 1 aliphatic rings. The van der Waals surface area contributed by atoms with E-state index in [-0.39, 0.29) is 6.61 Å².